The number of thioether (sulfide) groups is 1. The summed E-state index contributed by atoms with van der Waals surface area (Å²) in [5.41, 5.74) is 0.968. The molecule has 0 spiro atoms. The number of nitrogens with one attached hydrogen (secondary N) is 1. The van der Waals surface area contributed by atoms with Gasteiger partial charge in [0.1, 0.15) is 0 Å². The molecule has 1 unspecified atom stereocenters. The number of halogens is 1. The number of carbonyl (C=O) groups excluding carboxylic acids is 1. The van der Waals surface area contributed by atoms with Gasteiger partial charge in [-0.25, -0.2) is 0 Å². The Balaban J connectivity index is 1.69. The Hall–Kier alpha value is -1.53. The predicted octanol–water partition coefficient (Wildman–Crippen LogP) is 4.55. The fourth-order valence-corrected chi connectivity index (χ4v) is 4.30. The zero-order valence-electron chi connectivity index (χ0n) is 15.2. The van der Waals surface area contributed by atoms with Crippen LogP contribution in [-0.4, -0.2) is 32.0 Å². The largest absolute Gasteiger partial charge is 0.352 e. The van der Waals surface area contributed by atoms with Crippen molar-refractivity contribution in [2.24, 2.45) is 0 Å². The molecule has 1 aliphatic rings. The normalized spacial score (nSPS) is 16.4. The Morgan fingerprint density at radius 3 is 2.62 bits per heavy atom. The van der Waals surface area contributed by atoms with Crippen LogP contribution in [0.3, 0.4) is 0 Å². The standard InChI is InChI=1S/C19H25ClN4OS/c1-3-24-17(14-9-11-15(20)12-10-14)22-23-19(24)26-13(2)18(25)21-16-7-5-4-6-8-16/h9-13,16H,3-8H2,1-2H3,(H,21,25). The molecule has 1 heterocycles. The van der Waals surface area contributed by atoms with E-state index in [-0.39, 0.29) is 11.2 Å². The van der Waals surface area contributed by atoms with Gasteiger partial charge in [0.25, 0.3) is 0 Å². The third kappa shape index (κ3) is 4.60. The maximum Gasteiger partial charge on any atom is 0.233 e. The molecular weight excluding hydrogens is 368 g/mol. The van der Waals surface area contributed by atoms with Crippen molar-refractivity contribution in [2.45, 2.75) is 68.9 Å². The molecule has 7 heteroatoms. The van der Waals surface area contributed by atoms with E-state index in [1.165, 1.54) is 31.0 Å². The topological polar surface area (TPSA) is 59.8 Å². The zero-order chi connectivity index (χ0) is 18.5. The van der Waals surface area contributed by atoms with Gasteiger partial charge in [0, 0.05) is 23.2 Å². The van der Waals surface area contributed by atoms with Crippen LogP contribution in [0.15, 0.2) is 29.4 Å². The number of hydrogen-bond acceptors (Lipinski definition) is 4. The van der Waals surface area contributed by atoms with E-state index >= 15 is 0 Å². The Labute approximate surface area is 163 Å². The first-order valence-corrected chi connectivity index (χ1v) is 10.5. The van der Waals surface area contributed by atoms with Crippen molar-refractivity contribution in [3.8, 4) is 11.4 Å². The molecule has 1 aliphatic carbocycles. The van der Waals surface area contributed by atoms with Crippen LogP contribution in [-0.2, 0) is 11.3 Å². The van der Waals surface area contributed by atoms with Crippen LogP contribution in [0.25, 0.3) is 11.4 Å². The average Bonchev–Trinajstić information content (AvgIpc) is 3.05. The van der Waals surface area contributed by atoms with E-state index in [0.717, 1.165) is 35.9 Å². The van der Waals surface area contributed by atoms with Gasteiger partial charge in [0.15, 0.2) is 11.0 Å². The summed E-state index contributed by atoms with van der Waals surface area (Å²) < 4.78 is 2.04. The first-order chi connectivity index (χ1) is 12.6. The predicted molar refractivity (Wildman–Crippen MR) is 106 cm³/mol. The molecule has 5 nitrogen and oxygen atoms in total. The van der Waals surface area contributed by atoms with E-state index in [4.69, 9.17) is 11.6 Å². The first kappa shape index (κ1) is 19.2. The lowest BCUT2D eigenvalue weighted by Crippen LogP contribution is -2.40. The molecule has 26 heavy (non-hydrogen) atoms. The van der Waals surface area contributed by atoms with Crippen LogP contribution in [0.2, 0.25) is 5.02 Å². The van der Waals surface area contributed by atoms with Crippen molar-refractivity contribution in [3.63, 3.8) is 0 Å². The summed E-state index contributed by atoms with van der Waals surface area (Å²) in [5, 5.41) is 13.1. The highest BCUT2D eigenvalue weighted by Gasteiger charge is 2.23. The van der Waals surface area contributed by atoms with Crippen LogP contribution in [0.1, 0.15) is 46.0 Å². The minimum absolute atomic E-state index is 0.0839. The number of hydrogen-bond donors (Lipinski definition) is 1. The van der Waals surface area contributed by atoms with E-state index in [1.807, 2.05) is 35.8 Å². The first-order valence-electron chi connectivity index (χ1n) is 9.24. The highest BCUT2D eigenvalue weighted by atomic mass is 35.5. The second-order valence-electron chi connectivity index (χ2n) is 6.66. The van der Waals surface area contributed by atoms with E-state index in [1.54, 1.807) is 0 Å². The van der Waals surface area contributed by atoms with Crippen LogP contribution in [0, 0.1) is 0 Å². The molecule has 3 rings (SSSR count). The number of amides is 1. The summed E-state index contributed by atoms with van der Waals surface area (Å²) in [6.07, 6.45) is 5.88. The fourth-order valence-electron chi connectivity index (χ4n) is 3.25. The molecule has 2 aromatic rings. The minimum Gasteiger partial charge on any atom is -0.352 e. The van der Waals surface area contributed by atoms with E-state index in [0.29, 0.717) is 11.1 Å². The molecule has 1 N–H and O–H groups in total. The lowest BCUT2D eigenvalue weighted by Gasteiger charge is -2.24. The van der Waals surface area contributed by atoms with Crippen LogP contribution in [0.4, 0.5) is 0 Å². The van der Waals surface area contributed by atoms with E-state index in [9.17, 15) is 4.79 Å². The molecule has 0 radical (unpaired) electrons. The molecule has 0 aliphatic heterocycles. The maximum atomic E-state index is 12.5. The lowest BCUT2D eigenvalue weighted by atomic mass is 9.95. The van der Waals surface area contributed by atoms with Crippen molar-refractivity contribution in [1.29, 1.82) is 0 Å². The Morgan fingerprint density at radius 2 is 1.96 bits per heavy atom. The third-order valence-corrected chi connectivity index (χ3v) is 6.07. The molecule has 0 bridgehead atoms. The summed E-state index contributed by atoms with van der Waals surface area (Å²) in [7, 11) is 0. The molecule has 1 fully saturated rings. The zero-order valence-corrected chi connectivity index (χ0v) is 16.8. The maximum absolute atomic E-state index is 12.5. The van der Waals surface area contributed by atoms with Crippen LogP contribution in [0.5, 0.6) is 0 Å². The fraction of sp³-hybridized carbons (Fsp3) is 0.526. The van der Waals surface area contributed by atoms with Crippen molar-refractivity contribution < 1.29 is 4.79 Å². The van der Waals surface area contributed by atoms with Crippen molar-refractivity contribution in [2.75, 3.05) is 0 Å². The second kappa shape index (κ2) is 8.91. The summed E-state index contributed by atoms with van der Waals surface area (Å²) in [4.78, 5) is 12.5. The lowest BCUT2D eigenvalue weighted by molar-refractivity contribution is -0.121. The molecule has 1 atom stereocenters. The van der Waals surface area contributed by atoms with Crippen molar-refractivity contribution in [1.82, 2.24) is 20.1 Å². The summed E-state index contributed by atoms with van der Waals surface area (Å²) in [5.74, 6) is 0.882. The van der Waals surface area contributed by atoms with Crippen molar-refractivity contribution in [3.05, 3.63) is 29.3 Å². The molecule has 140 valence electrons. The van der Waals surface area contributed by atoms with E-state index < -0.39 is 0 Å². The molecule has 1 aromatic heterocycles. The van der Waals surface area contributed by atoms with Gasteiger partial charge in [0.05, 0.1) is 5.25 Å². The van der Waals surface area contributed by atoms with Gasteiger partial charge in [-0.15, -0.1) is 10.2 Å². The molecule has 1 saturated carbocycles. The molecule has 1 amide bonds. The van der Waals surface area contributed by atoms with Gasteiger partial charge in [0.2, 0.25) is 5.91 Å². The number of nitrogens with zero attached hydrogens (tertiary/aromatic N) is 3. The quantitative estimate of drug-likeness (QED) is 0.732. The highest BCUT2D eigenvalue weighted by Crippen LogP contribution is 2.28. The van der Waals surface area contributed by atoms with Gasteiger partial charge in [-0.05, 0) is 51.0 Å². The minimum atomic E-state index is -0.204. The number of benzene rings is 1. The van der Waals surface area contributed by atoms with Crippen LogP contribution < -0.4 is 5.32 Å². The summed E-state index contributed by atoms with van der Waals surface area (Å²) >= 11 is 7.43. The molecule has 0 saturated heterocycles. The summed E-state index contributed by atoms with van der Waals surface area (Å²) in [6.45, 7) is 4.73. The Kier molecular flexibility index (Phi) is 6.59. The SMILES string of the molecule is CCn1c(SC(C)C(=O)NC2CCCCC2)nnc1-c1ccc(Cl)cc1. The Morgan fingerprint density at radius 1 is 1.27 bits per heavy atom. The van der Waals surface area contributed by atoms with Crippen molar-refractivity contribution >= 4 is 29.3 Å². The number of rotatable bonds is 6. The second-order valence-corrected chi connectivity index (χ2v) is 8.41. The van der Waals surface area contributed by atoms with Gasteiger partial charge < -0.3 is 9.88 Å². The molecule has 1 aromatic carbocycles. The highest BCUT2D eigenvalue weighted by molar-refractivity contribution is 8.00. The van der Waals surface area contributed by atoms with Crippen LogP contribution >= 0.6 is 23.4 Å². The Bertz CT molecular complexity index is 740. The van der Waals surface area contributed by atoms with Gasteiger partial charge >= 0.3 is 0 Å². The van der Waals surface area contributed by atoms with Gasteiger partial charge in [-0.3, -0.25) is 4.79 Å². The molecular formula is C19H25ClN4OS. The van der Waals surface area contributed by atoms with Gasteiger partial charge in [-0.2, -0.15) is 0 Å². The monoisotopic (exact) mass is 392 g/mol. The third-order valence-electron chi connectivity index (χ3n) is 4.74. The average molecular weight is 393 g/mol. The van der Waals surface area contributed by atoms with E-state index in [2.05, 4.69) is 22.4 Å². The summed E-state index contributed by atoms with van der Waals surface area (Å²) in [6, 6.07) is 7.89. The van der Waals surface area contributed by atoms with Gasteiger partial charge in [-0.1, -0.05) is 42.6 Å². The number of aromatic nitrogens is 3. The smallest absolute Gasteiger partial charge is 0.233 e. The number of carbonyl (C=O) groups is 1.